The third-order valence-corrected chi connectivity index (χ3v) is 4.16. The number of nitrogen functional groups attached to an aromatic ring is 1. The Labute approximate surface area is 185 Å². The largest absolute Gasteiger partial charge is 0.416 e. The number of halogens is 3. The SMILES string of the molecule is Cc1nc2ccccc2n1-c1cc(N)nc(Nc2ccc(C(F)(F)F)cc2)n1.O=S(=O)(O)O. The molecule has 4 aromatic rings. The van der Waals surface area contributed by atoms with E-state index in [-0.39, 0.29) is 11.8 Å². The molecular weight excluding hydrogens is 465 g/mol. The van der Waals surface area contributed by atoms with Crippen molar-refractivity contribution in [1.82, 2.24) is 19.5 Å². The third kappa shape index (κ3) is 6.38. The second kappa shape index (κ2) is 9.01. The monoisotopic (exact) mass is 482 g/mol. The van der Waals surface area contributed by atoms with E-state index in [4.69, 9.17) is 23.3 Å². The molecule has 0 saturated heterocycles. The summed E-state index contributed by atoms with van der Waals surface area (Å²) in [6.45, 7) is 1.85. The molecule has 0 amide bonds. The predicted octanol–water partition coefficient (Wildman–Crippen LogP) is 3.82. The number of benzene rings is 2. The number of alkyl halides is 3. The van der Waals surface area contributed by atoms with Gasteiger partial charge in [0, 0.05) is 11.8 Å². The molecule has 0 unspecified atom stereocenters. The molecule has 0 bridgehead atoms. The molecule has 0 spiro atoms. The maximum atomic E-state index is 12.7. The molecule has 10 nitrogen and oxygen atoms in total. The average Bonchev–Trinajstić information content (AvgIpc) is 3.01. The molecule has 0 radical (unpaired) electrons. The van der Waals surface area contributed by atoms with Crippen LogP contribution in [0.2, 0.25) is 0 Å². The van der Waals surface area contributed by atoms with E-state index >= 15 is 0 Å². The number of aryl methyl sites for hydroxylation is 1. The van der Waals surface area contributed by atoms with Crippen molar-refractivity contribution in [3.05, 3.63) is 66.0 Å². The van der Waals surface area contributed by atoms with Gasteiger partial charge in [0.2, 0.25) is 5.95 Å². The molecule has 0 aliphatic rings. The fourth-order valence-corrected chi connectivity index (χ4v) is 2.93. The maximum absolute atomic E-state index is 12.7. The van der Waals surface area contributed by atoms with Crippen molar-refractivity contribution in [3.8, 4) is 5.82 Å². The highest BCUT2D eigenvalue weighted by atomic mass is 32.3. The van der Waals surface area contributed by atoms with Crippen LogP contribution in [0.15, 0.2) is 54.6 Å². The minimum atomic E-state index is -4.67. The Bertz CT molecular complexity index is 1380. The van der Waals surface area contributed by atoms with E-state index in [1.807, 2.05) is 35.8 Å². The van der Waals surface area contributed by atoms with E-state index < -0.39 is 22.1 Å². The summed E-state index contributed by atoms with van der Waals surface area (Å²) in [5, 5.41) is 2.89. The standard InChI is InChI=1S/C19H15F3N6.H2O4S/c1-11-24-14-4-2-3-5-15(14)28(11)17-10-16(23)26-18(27-17)25-13-8-6-12(7-9-13)19(20,21)22;1-5(2,3)4/h2-10H,1H3,(H3,23,25,26,27);(H2,1,2,3,4). The zero-order chi connectivity index (χ0) is 24.4. The quantitative estimate of drug-likeness (QED) is 0.319. The second-order valence-electron chi connectivity index (χ2n) is 6.61. The number of para-hydroxylation sites is 2. The van der Waals surface area contributed by atoms with Crippen LogP contribution in [0.25, 0.3) is 16.9 Å². The minimum absolute atomic E-state index is 0.173. The van der Waals surface area contributed by atoms with Crippen LogP contribution in [0.3, 0.4) is 0 Å². The average molecular weight is 482 g/mol. The van der Waals surface area contributed by atoms with Gasteiger partial charge in [-0.2, -0.15) is 31.6 Å². The normalized spacial score (nSPS) is 11.7. The number of aromatic nitrogens is 4. The first-order valence-corrected chi connectivity index (χ1v) is 10.4. The summed E-state index contributed by atoms with van der Waals surface area (Å²) in [5.41, 5.74) is 7.28. The molecule has 5 N–H and O–H groups in total. The summed E-state index contributed by atoms with van der Waals surface area (Å²) >= 11 is 0. The van der Waals surface area contributed by atoms with Gasteiger partial charge in [-0.1, -0.05) is 12.1 Å². The third-order valence-electron chi connectivity index (χ3n) is 4.16. The van der Waals surface area contributed by atoms with E-state index in [0.29, 0.717) is 11.5 Å². The van der Waals surface area contributed by atoms with Crippen molar-refractivity contribution < 1.29 is 30.7 Å². The molecule has 33 heavy (non-hydrogen) atoms. The predicted molar refractivity (Wildman–Crippen MR) is 115 cm³/mol. The van der Waals surface area contributed by atoms with Gasteiger partial charge in [0.25, 0.3) is 0 Å². The Balaban J connectivity index is 0.000000555. The van der Waals surface area contributed by atoms with Crippen molar-refractivity contribution in [3.63, 3.8) is 0 Å². The summed E-state index contributed by atoms with van der Waals surface area (Å²) in [4.78, 5) is 13.1. The Kier molecular flexibility index (Phi) is 6.53. The van der Waals surface area contributed by atoms with Crippen LogP contribution >= 0.6 is 0 Å². The Morgan fingerprint density at radius 3 is 2.21 bits per heavy atom. The van der Waals surface area contributed by atoms with Crippen LogP contribution in [0, 0.1) is 6.92 Å². The topological polar surface area (TPSA) is 156 Å². The lowest BCUT2D eigenvalue weighted by Gasteiger charge is -2.11. The number of fused-ring (bicyclic) bond motifs is 1. The summed E-state index contributed by atoms with van der Waals surface area (Å²) in [6, 6.07) is 13.8. The molecule has 0 atom stereocenters. The van der Waals surface area contributed by atoms with Crippen LogP contribution in [-0.4, -0.2) is 37.0 Å². The number of imidazole rings is 1. The summed E-state index contributed by atoms with van der Waals surface area (Å²) < 4.78 is 71.5. The van der Waals surface area contributed by atoms with Crippen molar-refractivity contribution >= 4 is 38.9 Å². The highest BCUT2D eigenvalue weighted by molar-refractivity contribution is 7.79. The molecule has 0 fully saturated rings. The summed E-state index contributed by atoms with van der Waals surface area (Å²) in [7, 11) is -4.67. The lowest BCUT2D eigenvalue weighted by molar-refractivity contribution is -0.137. The van der Waals surface area contributed by atoms with Crippen LogP contribution in [0.1, 0.15) is 11.4 Å². The van der Waals surface area contributed by atoms with Crippen molar-refractivity contribution in [1.29, 1.82) is 0 Å². The van der Waals surface area contributed by atoms with Crippen LogP contribution in [0.4, 0.5) is 30.6 Å². The molecule has 2 aromatic heterocycles. The molecule has 0 saturated carbocycles. The highest BCUT2D eigenvalue weighted by Crippen LogP contribution is 2.30. The number of rotatable bonds is 3. The molecule has 174 valence electrons. The maximum Gasteiger partial charge on any atom is 0.416 e. The molecule has 4 rings (SSSR count). The van der Waals surface area contributed by atoms with Gasteiger partial charge >= 0.3 is 16.6 Å². The van der Waals surface area contributed by atoms with Crippen LogP contribution in [0.5, 0.6) is 0 Å². The first-order valence-electron chi connectivity index (χ1n) is 9.04. The van der Waals surface area contributed by atoms with Crippen LogP contribution in [-0.2, 0) is 16.6 Å². The van der Waals surface area contributed by atoms with Gasteiger partial charge < -0.3 is 11.1 Å². The Morgan fingerprint density at radius 2 is 1.61 bits per heavy atom. The number of hydrogen-bond acceptors (Lipinski definition) is 7. The van der Waals surface area contributed by atoms with Gasteiger partial charge in [-0.25, -0.2) is 4.98 Å². The van der Waals surface area contributed by atoms with Gasteiger partial charge in [0.1, 0.15) is 17.5 Å². The number of nitrogens with one attached hydrogen (secondary N) is 1. The minimum Gasteiger partial charge on any atom is -0.383 e. The fraction of sp³-hybridized carbons (Fsp3) is 0.105. The number of nitrogens with zero attached hydrogens (tertiary/aromatic N) is 4. The zero-order valence-corrected chi connectivity index (χ0v) is 17.6. The fourth-order valence-electron chi connectivity index (χ4n) is 2.93. The van der Waals surface area contributed by atoms with Crippen molar-refractivity contribution in [2.24, 2.45) is 0 Å². The van der Waals surface area contributed by atoms with Gasteiger partial charge in [0.15, 0.2) is 0 Å². The molecule has 0 aliphatic carbocycles. The Hall–Kier alpha value is -3.75. The van der Waals surface area contributed by atoms with Gasteiger partial charge in [-0.3, -0.25) is 13.7 Å². The van der Waals surface area contributed by atoms with E-state index in [2.05, 4.69) is 20.3 Å². The lowest BCUT2D eigenvalue weighted by atomic mass is 10.2. The summed E-state index contributed by atoms with van der Waals surface area (Å²) in [5.74, 6) is 1.62. The number of hydrogen-bond donors (Lipinski definition) is 4. The van der Waals surface area contributed by atoms with Gasteiger partial charge in [0.05, 0.1) is 16.6 Å². The summed E-state index contributed by atoms with van der Waals surface area (Å²) in [6.07, 6.45) is -4.39. The Morgan fingerprint density at radius 1 is 1.00 bits per heavy atom. The first-order chi connectivity index (χ1) is 15.3. The van der Waals surface area contributed by atoms with E-state index in [1.165, 1.54) is 12.1 Å². The van der Waals surface area contributed by atoms with Gasteiger partial charge in [-0.15, -0.1) is 0 Å². The molecule has 2 aromatic carbocycles. The van der Waals surface area contributed by atoms with Crippen molar-refractivity contribution in [2.75, 3.05) is 11.1 Å². The zero-order valence-electron chi connectivity index (χ0n) is 16.8. The highest BCUT2D eigenvalue weighted by Gasteiger charge is 2.30. The second-order valence-corrected chi connectivity index (χ2v) is 7.50. The smallest absolute Gasteiger partial charge is 0.383 e. The van der Waals surface area contributed by atoms with E-state index in [0.717, 1.165) is 29.0 Å². The van der Waals surface area contributed by atoms with Gasteiger partial charge in [-0.05, 0) is 43.3 Å². The first kappa shape index (κ1) is 23.9. The number of anilines is 3. The number of nitrogens with two attached hydrogens (primary N) is 1. The van der Waals surface area contributed by atoms with Crippen molar-refractivity contribution in [2.45, 2.75) is 13.1 Å². The van der Waals surface area contributed by atoms with E-state index in [9.17, 15) is 13.2 Å². The molecule has 14 heteroatoms. The van der Waals surface area contributed by atoms with Crippen LogP contribution < -0.4 is 11.1 Å². The lowest BCUT2D eigenvalue weighted by Crippen LogP contribution is -2.07. The molecular formula is C19H17F3N6O4S. The molecule has 2 heterocycles. The van der Waals surface area contributed by atoms with E-state index in [1.54, 1.807) is 6.07 Å². The molecule has 0 aliphatic heterocycles.